The molecule has 1 N–H and O–H groups in total. The minimum atomic E-state index is -0.809. The van der Waals surface area contributed by atoms with Gasteiger partial charge in [0.05, 0.1) is 17.3 Å². The Kier molecular flexibility index (Phi) is 4.36. The van der Waals surface area contributed by atoms with Gasteiger partial charge in [-0.1, -0.05) is 41.0 Å². The van der Waals surface area contributed by atoms with Gasteiger partial charge in [0.1, 0.15) is 11.9 Å². The van der Waals surface area contributed by atoms with E-state index in [2.05, 4.69) is 47.6 Å². The van der Waals surface area contributed by atoms with Crippen LogP contribution in [0.5, 0.6) is 0 Å². The van der Waals surface area contributed by atoms with Gasteiger partial charge in [-0.05, 0) is 56.6 Å². The molecule has 1 aromatic rings. The summed E-state index contributed by atoms with van der Waals surface area (Å²) in [5.74, 6) is 1.16. The van der Waals surface area contributed by atoms with Gasteiger partial charge in [-0.25, -0.2) is 0 Å². The van der Waals surface area contributed by atoms with Gasteiger partial charge < -0.3 is 14.3 Å². The van der Waals surface area contributed by atoms with E-state index in [9.17, 15) is 9.90 Å². The topological polar surface area (TPSA) is 59.7 Å². The predicted molar refractivity (Wildman–Crippen MR) is 108 cm³/mol. The minimum absolute atomic E-state index is 0.0443. The smallest absolute Gasteiger partial charge is 0.312 e. The molecule has 4 nitrogen and oxygen atoms in total. The van der Waals surface area contributed by atoms with Gasteiger partial charge in [0.15, 0.2) is 0 Å². The lowest BCUT2D eigenvalue weighted by molar-refractivity contribution is -0.217. The van der Waals surface area contributed by atoms with Crippen LogP contribution in [0.25, 0.3) is 0 Å². The second kappa shape index (κ2) is 6.10. The standard InChI is InChI=1S/C24H36O4/c1-15-14-17-18-22(5,20(25)28-17)10-7-11-23(18,6)24(15,26)12-8-16-9-13-27-19(16)21(2,3)4/h9,13,15,17-18,26H,7-8,10-12,14H2,1-6H3/t15-,17-,18+,22+,23+,24-/m1/s1. The monoisotopic (exact) mass is 388 g/mol. The molecule has 1 aromatic heterocycles. The third kappa shape index (κ3) is 2.56. The zero-order valence-electron chi connectivity index (χ0n) is 18.3. The normalized spacial score (nSPS) is 43.0. The average molecular weight is 389 g/mol. The molecule has 28 heavy (non-hydrogen) atoms. The molecule has 2 saturated carbocycles. The van der Waals surface area contributed by atoms with Gasteiger partial charge in [-0.15, -0.1) is 0 Å². The highest BCUT2D eigenvalue weighted by molar-refractivity contribution is 5.80. The molecule has 0 bridgehead atoms. The highest BCUT2D eigenvalue weighted by atomic mass is 16.6. The minimum Gasteiger partial charge on any atom is -0.469 e. The number of aryl methyl sites for hydroxylation is 1. The second-order valence-electron chi connectivity index (χ2n) is 11.2. The van der Waals surface area contributed by atoms with Crippen molar-refractivity contribution in [1.82, 2.24) is 0 Å². The number of furan rings is 1. The maximum Gasteiger partial charge on any atom is 0.312 e. The third-order valence-corrected chi connectivity index (χ3v) is 8.46. The first-order chi connectivity index (χ1) is 12.9. The van der Waals surface area contributed by atoms with Gasteiger partial charge in [-0.3, -0.25) is 4.79 Å². The van der Waals surface area contributed by atoms with Crippen molar-refractivity contribution in [3.63, 3.8) is 0 Å². The van der Waals surface area contributed by atoms with Crippen LogP contribution in [-0.4, -0.2) is 22.8 Å². The van der Waals surface area contributed by atoms with E-state index in [4.69, 9.17) is 9.15 Å². The first-order valence-electron chi connectivity index (χ1n) is 10.9. The van der Waals surface area contributed by atoms with Crippen LogP contribution in [0.2, 0.25) is 0 Å². The lowest BCUT2D eigenvalue weighted by Crippen LogP contribution is -2.65. The van der Waals surface area contributed by atoms with E-state index in [0.29, 0.717) is 6.42 Å². The van der Waals surface area contributed by atoms with Crippen LogP contribution in [0.15, 0.2) is 16.7 Å². The highest BCUT2D eigenvalue weighted by Crippen LogP contribution is 2.67. The van der Waals surface area contributed by atoms with E-state index < -0.39 is 11.0 Å². The molecule has 4 heteroatoms. The summed E-state index contributed by atoms with van der Waals surface area (Å²) in [5.41, 5.74) is -0.422. The first kappa shape index (κ1) is 20.0. The molecule has 1 aliphatic heterocycles. The lowest BCUT2D eigenvalue weighted by Gasteiger charge is -2.61. The number of aliphatic hydroxyl groups is 1. The Morgan fingerprint density at radius 3 is 2.64 bits per heavy atom. The quantitative estimate of drug-likeness (QED) is 0.739. The van der Waals surface area contributed by atoms with Crippen molar-refractivity contribution in [2.24, 2.45) is 22.7 Å². The number of ether oxygens (including phenoxy) is 1. The van der Waals surface area contributed by atoms with Crippen LogP contribution < -0.4 is 0 Å². The van der Waals surface area contributed by atoms with Gasteiger partial charge >= 0.3 is 5.97 Å². The van der Waals surface area contributed by atoms with Crippen LogP contribution in [0.4, 0.5) is 0 Å². The van der Waals surface area contributed by atoms with Crippen molar-refractivity contribution >= 4 is 5.97 Å². The molecule has 156 valence electrons. The molecule has 2 heterocycles. The molecule has 0 radical (unpaired) electrons. The molecule has 4 rings (SSSR count). The predicted octanol–water partition coefficient (Wildman–Crippen LogP) is 5.02. The number of hydrogen-bond donors (Lipinski definition) is 1. The molecule has 0 unspecified atom stereocenters. The zero-order valence-corrected chi connectivity index (χ0v) is 18.3. The maximum atomic E-state index is 12.7. The van der Waals surface area contributed by atoms with E-state index >= 15 is 0 Å². The van der Waals surface area contributed by atoms with E-state index in [0.717, 1.165) is 37.9 Å². The SMILES string of the molecule is C[C@@H]1C[C@H]2OC(=O)[C@@]3(C)CCC[C@@](C)([C@@H]23)[C@@]1(O)CCc1ccoc1C(C)(C)C. The first-order valence-corrected chi connectivity index (χ1v) is 10.9. The molecular formula is C24H36O4. The van der Waals surface area contributed by atoms with Crippen molar-refractivity contribution in [2.45, 2.75) is 97.2 Å². The number of carbonyl (C=O) groups excluding carboxylic acids is 1. The zero-order chi connectivity index (χ0) is 20.5. The second-order valence-corrected chi connectivity index (χ2v) is 11.2. The molecule has 6 atom stereocenters. The summed E-state index contributed by atoms with van der Waals surface area (Å²) in [4.78, 5) is 12.7. The number of carbonyl (C=O) groups is 1. The Morgan fingerprint density at radius 1 is 1.25 bits per heavy atom. The van der Waals surface area contributed by atoms with E-state index in [1.807, 2.05) is 0 Å². The van der Waals surface area contributed by atoms with E-state index in [-0.39, 0.29) is 34.7 Å². The Hall–Kier alpha value is -1.29. The van der Waals surface area contributed by atoms with Crippen molar-refractivity contribution in [1.29, 1.82) is 0 Å². The van der Waals surface area contributed by atoms with Gasteiger partial charge in [0.2, 0.25) is 0 Å². The average Bonchev–Trinajstić information content (AvgIpc) is 3.15. The summed E-state index contributed by atoms with van der Waals surface area (Å²) >= 11 is 0. The van der Waals surface area contributed by atoms with Crippen LogP contribution in [0.1, 0.15) is 85.0 Å². The molecule has 0 spiro atoms. The molecule has 2 aliphatic carbocycles. The van der Waals surface area contributed by atoms with Crippen LogP contribution in [-0.2, 0) is 21.4 Å². The van der Waals surface area contributed by atoms with E-state index in [1.54, 1.807) is 6.26 Å². The fourth-order valence-corrected chi connectivity index (χ4v) is 7.05. The Balaban J connectivity index is 1.67. The van der Waals surface area contributed by atoms with E-state index in [1.165, 1.54) is 5.56 Å². The van der Waals surface area contributed by atoms with Crippen molar-refractivity contribution < 1.29 is 19.1 Å². The van der Waals surface area contributed by atoms with Gasteiger partial charge in [0, 0.05) is 16.7 Å². The summed E-state index contributed by atoms with van der Waals surface area (Å²) in [5, 5.41) is 12.2. The maximum absolute atomic E-state index is 12.7. The molecule has 0 aromatic carbocycles. The molecule has 3 fully saturated rings. The molecule has 3 aliphatic rings. The number of esters is 1. The van der Waals surface area contributed by atoms with Crippen molar-refractivity contribution in [3.05, 3.63) is 23.7 Å². The van der Waals surface area contributed by atoms with Crippen LogP contribution in [0.3, 0.4) is 0 Å². The molecule has 1 saturated heterocycles. The summed E-state index contributed by atoms with van der Waals surface area (Å²) in [6, 6.07) is 2.05. The Labute approximate surface area is 169 Å². The van der Waals surface area contributed by atoms with Crippen molar-refractivity contribution in [3.8, 4) is 0 Å². The fraction of sp³-hybridized carbons (Fsp3) is 0.792. The van der Waals surface area contributed by atoms with Crippen LogP contribution in [0, 0.1) is 22.7 Å². The van der Waals surface area contributed by atoms with Crippen molar-refractivity contribution in [2.75, 3.05) is 0 Å². The fourth-order valence-electron chi connectivity index (χ4n) is 7.05. The summed E-state index contributed by atoms with van der Waals surface area (Å²) < 4.78 is 11.6. The highest BCUT2D eigenvalue weighted by Gasteiger charge is 2.71. The lowest BCUT2D eigenvalue weighted by atomic mass is 9.44. The third-order valence-electron chi connectivity index (χ3n) is 8.46. The Bertz CT molecular complexity index is 774. The van der Waals surface area contributed by atoms with Crippen LogP contribution >= 0.6 is 0 Å². The summed E-state index contributed by atoms with van der Waals surface area (Å²) in [6.45, 7) is 12.9. The van der Waals surface area contributed by atoms with Gasteiger partial charge in [-0.2, -0.15) is 0 Å². The molecule has 0 amide bonds. The van der Waals surface area contributed by atoms with Gasteiger partial charge in [0.25, 0.3) is 0 Å². The number of rotatable bonds is 3. The number of hydrogen-bond acceptors (Lipinski definition) is 4. The summed E-state index contributed by atoms with van der Waals surface area (Å²) in [7, 11) is 0. The largest absolute Gasteiger partial charge is 0.469 e. The molecular weight excluding hydrogens is 352 g/mol. The Morgan fingerprint density at radius 2 is 1.96 bits per heavy atom. The summed E-state index contributed by atoms with van der Waals surface area (Å²) in [6.07, 6.45) is 6.78.